The predicted molar refractivity (Wildman–Crippen MR) is 75.1 cm³/mol. The third-order valence-corrected chi connectivity index (χ3v) is 3.33. The number of halogens is 1. The molecule has 1 saturated heterocycles. The van der Waals surface area contributed by atoms with Crippen molar-refractivity contribution in [3.63, 3.8) is 0 Å². The molecule has 1 aliphatic heterocycles. The van der Waals surface area contributed by atoms with E-state index in [9.17, 15) is 9.59 Å². The van der Waals surface area contributed by atoms with E-state index in [1.54, 1.807) is 35.2 Å². The van der Waals surface area contributed by atoms with E-state index in [2.05, 4.69) is 11.9 Å². The highest BCUT2D eigenvalue weighted by Gasteiger charge is 2.37. The van der Waals surface area contributed by atoms with Crippen LogP contribution in [-0.2, 0) is 9.59 Å². The Morgan fingerprint density at radius 2 is 2.16 bits per heavy atom. The molecule has 0 radical (unpaired) electrons. The fourth-order valence-corrected chi connectivity index (χ4v) is 2.22. The van der Waals surface area contributed by atoms with Crippen molar-refractivity contribution in [2.45, 2.75) is 6.42 Å². The SMILES string of the molecule is C=CCNC(=O)[C@@H]1CCN(c2ccc(Cl)cc2)C1=O. The standard InChI is InChI=1S/C14H15ClN2O2/c1-2-8-16-13(18)12-7-9-17(14(12)19)11-5-3-10(15)4-6-11/h2-6,12H,1,7-9H2,(H,16,18)/t12-/m0/s1. The van der Waals surface area contributed by atoms with Crippen molar-refractivity contribution >= 4 is 29.1 Å². The molecule has 0 aromatic heterocycles. The molecule has 1 fully saturated rings. The van der Waals surface area contributed by atoms with Crippen LogP contribution < -0.4 is 10.2 Å². The van der Waals surface area contributed by atoms with Gasteiger partial charge in [0, 0.05) is 23.8 Å². The molecule has 0 bridgehead atoms. The second kappa shape index (κ2) is 5.89. The average molecular weight is 279 g/mol. The topological polar surface area (TPSA) is 49.4 Å². The van der Waals surface area contributed by atoms with E-state index in [-0.39, 0.29) is 11.8 Å². The van der Waals surface area contributed by atoms with Crippen molar-refractivity contribution in [1.82, 2.24) is 5.32 Å². The van der Waals surface area contributed by atoms with E-state index in [1.807, 2.05) is 0 Å². The van der Waals surface area contributed by atoms with Gasteiger partial charge in [-0.1, -0.05) is 17.7 Å². The molecule has 0 spiro atoms. The summed E-state index contributed by atoms with van der Waals surface area (Å²) in [4.78, 5) is 25.6. The molecular formula is C14H15ClN2O2. The van der Waals surface area contributed by atoms with Gasteiger partial charge in [0.25, 0.3) is 0 Å². The minimum atomic E-state index is -0.601. The lowest BCUT2D eigenvalue weighted by Gasteiger charge is -2.16. The maximum absolute atomic E-state index is 12.2. The van der Waals surface area contributed by atoms with Gasteiger partial charge in [0.15, 0.2) is 0 Å². The molecule has 1 heterocycles. The van der Waals surface area contributed by atoms with Crippen LogP contribution in [0.25, 0.3) is 0 Å². The molecule has 2 rings (SSSR count). The van der Waals surface area contributed by atoms with E-state index < -0.39 is 5.92 Å². The summed E-state index contributed by atoms with van der Waals surface area (Å²) in [5, 5.41) is 3.28. The van der Waals surface area contributed by atoms with Crippen LogP contribution in [0, 0.1) is 5.92 Å². The monoisotopic (exact) mass is 278 g/mol. The molecule has 0 unspecified atom stereocenters. The molecule has 100 valence electrons. The maximum Gasteiger partial charge on any atom is 0.239 e. The summed E-state index contributed by atoms with van der Waals surface area (Å²) in [6, 6.07) is 7.03. The van der Waals surface area contributed by atoms with Crippen LogP contribution in [0.3, 0.4) is 0 Å². The summed E-state index contributed by atoms with van der Waals surface area (Å²) in [7, 11) is 0. The first-order valence-corrected chi connectivity index (χ1v) is 6.47. The predicted octanol–water partition coefficient (Wildman–Crippen LogP) is 2.00. The molecule has 4 nitrogen and oxygen atoms in total. The Morgan fingerprint density at radius 1 is 1.47 bits per heavy atom. The van der Waals surface area contributed by atoms with Crippen LogP contribution in [0.1, 0.15) is 6.42 Å². The van der Waals surface area contributed by atoms with Gasteiger partial charge in [-0.15, -0.1) is 6.58 Å². The van der Waals surface area contributed by atoms with E-state index in [1.165, 1.54) is 0 Å². The van der Waals surface area contributed by atoms with E-state index in [0.717, 1.165) is 5.69 Å². The molecule has 2 amide bonds. The largest absolute Gasteiger partial charge is 0.352 e. The van der Waals surface area contributed by atoms with Gasteiger partial charge in [0.1, 0.15) is 5.92 Å². The molecule has 1 aromatic rings. The van der Waals surface area contributed by atoms with Crippen molar-refractivity contribution in [3.8, 4) is 0 Å². The molecule has 0 saturated carbocycles. The Morgan fingerprint density at radius 3 is 2.79 bits per heavy atom. The van der Waals surface area contributed by atoms with Gasteiger partial charge in [-0.3, -0.25) is 9.59 Å². The van der Waals surface area contributed by atoms with Crippen molar-refractivity contribution < 1.29 is 9.59 Å². The zero-order valence-electron chi connectivity index (χ0n) is 10.4. The first kappa shape index (κ1) is 13.6. The Kier molecular flexibility index (Phi) is 4.22. The number of hydrogen-bond donors (Lipinski definition) is 1. The fraction of sp³-hybridized carbons (Fsp3) is 0.286. The van der Waals surface area contributed by atoms with Crippen LogP contribution in [0.4, 0.5) is 5.69 Å². The summed E-state index contributed by atoms with van der Waals surface area (Å²) >= 11 is 5.81. The Balaban J connectivity index is 2.07. The molecule has 1 atom stereocenters. The quantitative estimate of drug-likeness (QED) is 0.676. The second-order valence-corrected chi connectivity index (χ2v) is 4.78. The molecule has 5 heteroatoms. The zero-order valence-corrected chi connectivity index (χ0v) is 11.2. The number of anilines is 1. The van der Waals surface area contributed by atoms with Crippen LogP contribution in [0.5, 0.6) is 0 Å². The Labute approximate surface area is 117 Å². The second-order valence-electron chi connectivity index (χ2n) is 4.34. The van der Waals surface area contributed by atoms with Gasteiger partial charge >= 0.3 is 0 Å². The average Bonchev–Trinajstić information content (AvgIpc) is 2.79. The van der Waals surface area contributed by atoms with E-state index in [4.69, 9.17) is 11.6 Å². The minimum Gasteiger partial charge on any atom is -0.352 e. The molecular weight excluding hydrogens is 264 g/mol. The van der Waals surface area contributed by atoms with Gasteiger partial charge in [-0.05, 0) is 30.7 Å². The molecule has 1 aromatic carbocycles. The highest BCUT2D eigenvalue weighted by Crippen LogP contribution is 2.26. The number of benzene rings is 1. The zero-order chi connectivity index (χ0) is 13.8. The lowest BCUT2D eigenvalue weighted by Crippen LogP contribution is -2.36. The number of nitrogens with zero attached hydrogens (tertiary/aromatic N) is 1. The van der Waals surface area contributed by atoms with Crippen molar-refractivity contribution in [2.24, 2.45) is 5.92 Å². The van der Waals surface area contributed by atoms with Crippen LogP contribution in [-0.4, -0.2) is 24.9 Å². The summed E-state index contributed by atoms with van der Waals surface area (Å²) in [6.07, 6.45) is 2.12. The fourth-order valence-electron chi connectivity index (χ4n) is 2.10. The third kappa shape index (κ3) is 2.96. The summed E-state index contributed by atoms with van der Waals surface area (Å²) in [5.41, 5.74) is 0.772. The molecule has 1 aliphatic rings. The molecule has 1 N–H and O–H groups in total. The number of amides is 2. The van der Waals surface area contributed by atoms with Crippen molar-refractivity contribution in [3.05, 3.63) is 41.9 Å². The number of hydrogen-bond acceptors (Lipinski definition) is 2. The lowest BCUT2D eigenvalue weighted by atomic mass is 10.1. The van der Waals surface area contributed by atoms with Crippen LogP contribution in [0.2, 0.25) is 5.02 Å². The summed E-state index contributed by atoms with van der Waals surface area (Å²) in [6.45, 7) is 4.45. The van der Waals surface area contributed by atoms with Crippen LogP contribution >= 0.6 is 11.6 Å². The summed E-state index contributed by atoms with van der Waals surface area (Å²) in [5.74, 6) is -0.999. The van der Waals surface area contributed by atoms with Gasteiger partial charge in [0.2, 0.25) is 11.8 Å². The van der Waals surface area contributed by atoms with Crippen molar-refractivity contribution in [2.75, 3.05) is 18.0 Å². The molecule has 19 heavy (non-hydrogen) atoms. The minimum absolute atomic E-state index is 0.163. The maximum atomic E-state index is 12.2. The van der Waals surface area contributed by atoms with Gasteiger partial charge < -0.3 is 10.2 Å². The first-order chi connectivity index (χ1) is 9.13. The number of rotatable bonds is 4. The van der Waals surface area contributed by atoms with Gasteiger partial charge in [0.05, 0.1) is 0 Å². The highest BCUT2D eigenvalue weighted by molar-refractivity contribution is 6.30. The van der Waals surface area contributed by atoms with Crippen molar-refractivity contribution in [1.29, 1.82) is 0 Å². The van der Waals surface area contributed by atoms with Gasteiger partial charge in [-0.25, -0.2) is 0 Å². The smallest absolute Gasteiger partial charge is 0.239 e. The Bertz CT molecular complexity index is 499. The Hall–Kier alpha value is -1.81. The summed E-state index contributed by atoms with van der Waals surface area (Å²) < 4.78 is 0. The first-order valence-electron chi connectivity index (χ1n) is 6.09. The number of carbonyl (C=O) groups excluding carboxylic acids is 2. The van der Waals surface area contributed by atoms with Gasteiger partial charge in [-0.2, -0.15) is 0 Å². The molecule has 0 aliphatic carbocycles. The van der Waals surface area contributed by atoms with E-state index in [0.29, 0.717) is 24.5 Å². The van der Waals surface area contributed by atoms with E-state index >= 15 is 0 Å². The normalized spacial score (nSPS) is 18.5. The highest BCUT2D eigenvalue weighted by atomic mass is 35.5. The number of carbonyl (C=O) groups is 2. The number of nitrogens with one attached hydrogen (secondary N) is 1. The van der Waals surface area contributed by atoms with Crippen LogP contribution in [0.15, 0.2) is 36.9 Å². The lowest BCUT2D eigenvalue weighted by molar-refractivity contribution is -0.131. The third-order valence-electron chi connectivity index (χ3n) is 3.08.